The van der Waals surface area contributed by atoms with E-state index in [4.69, 9.17) is 5.26 Å². The van der Waals surface area contributed by atoms with E-state index in [1.807, 2.05) is 26.8 Å². The molecule has 0 aromatic carbocycles. The van der Waals surface area contributed by atoms with Crippen LogP contribution in [0.1, 0.15) is 36.8 Å². The lowest BCUT2D eigenvalue weighted by atomic mass is 9.97. The summed E-state index contributed by atoms with van der Waals surface area (Å²) in [4.78, 5) is 15.8. The largest absolute Gasteiger partial charge is 0.350 e. The van der Waals surface area contributed by atoms with Crippen LogP contribution in [0.2, 0.25) is 0 Å². The minimum Gasteiger partial charge on any atom is -0.350 e. The standard InChI is InChI=1S/C12H14BrN3O/c1-12(2,3)7-16-11(17)10-8(5-14)4-9(13)6-15-10/h4,6H,7H2,1-3H3,(H,16,17). The number of aromatic nitrogens is 1. The van der Waals surface area contributed by atoms with Gasteiger partial charge in [0.05, 0.1) is 5.56 Å². The summed E-state index contributed by atoms with van der Waals surface area (Å²) in [6.45, 7) is 6.60. The minimum absolute atomic E-state index is 0.00215. The second kappa shape index (κ2) is 5.28. The van der Waals surface area contributed by atoms with E-state index in [0.717, 1.165) is 0 Å². The zero-order valence-electron chi connectivity index (χ0n) is 10.0. The fourth-order valence-electron chi connectivity index (χ4n) is 1.13. The van der Waals surface area contributed by atoms with E-state index >= 15 is 0 Å². The zero-order valence-corrected chi connectivity index (χ0v) is 11.6. The Morgan fingerprint density at radius 2 is 2.24 bits per heavy atom. The van der Waals surface area contributed by atoms with Crippen LogP contribution in [0.4, 0.5) is 0 Å². The maximum atomic E-state index is 11.8. The summed E-state index contributed by atoms with van der Waals surface area (Å²) in [5.74, 6) is -0.316. The predicted octanol–water partition coefficient (Wildman–Crippen LogP) is 2.49. The molecule has 1 aromatic heterocycles. The van der Waals surface area contributed by atoms with Crippen LogP contribution in [0.5, 0.6) is 0 Å². The molecule has 0 atom stereocenters. The molecule has 0 aliphatic carbocycles. The van der Waals surface area contributed by atoms with Gasteiger partial charge in [0.25, 0.3) is 5.91 Å². The molecule has 0 fully saturated rings. The summed E-state index contributed by atoms with van der Waals surface area (Å²) in [7, 11) is 0. The highest BCUT2D eigenvalue weighted by Gasteiger charge is 2.16. The van der Waals surface area contributed by atoms with Crippen LogP contribution in [0.3, 0.4) is 0 Å². The van der Waals surface area contributed by atoms with E-state index in [0.29, 0.717) is 11.0 Å². The van der Waals surface area contributed by atoms with E-state index in [2.05, 4.69) is 26.2 Å². The average molecular weight is 296 g/mol. The lowest BCUT2D eigenvalue weighted by Crippen LogP contribution is -2.33. The summed E-state index contributed by atoms with van der Waals surface area (Å²) >= 11 is 3.21. The summed E-state index contributed by atoms with van der Waals surface area (Å²) < 4.78 is 0.682. The summed E-state index contributed by atoms with van der Waals surface area (Å²) in [5.41, 5.74) is 0.434. The van der Waals surface area contributed by atoms with Crippen molar-refractivity contribution in [3.8, 4) is 6.07 Å². The SMILES string of the molecule is CC(C)(C)CNC(=O)c1ncc(Br)cc1C#N. The number of rotatable bonds is 2. The van der Waals surface area contributed by atoms with Gasteiger partial charge in [0.15, 0.2) is 0 Å². The fraction of sp³-hybridized carbons (Fsp3) is 0.417. The highest BCUT2D eigenvalue weighted by Crippen LogP contribution is 2.14. The Morgan fingerprint density at radius 1 is 1.59 bits per heavy atom. The van der Waals surface area contributed by atoms with Gasteiger partial charge in [-0.15, -0.1) is 0 Å². The van der Waals surface area contributed by atoms with Gasteiger partial charge >= 0.3 is 0 Å². The Morgan fingerprint density at radius 3 is 2.76 bits per heavy atom. The summed E-state index contributed by atoms with van der Waals surface area (Å²) in [5, 5.41) is 11.7. The van der Waals surface area contributed by atoms with Crippen LogP contribution >= 0.6 is 15.9 Å². The maximum absolute atomic E-state index is 11.8. The Bertz CT molecular complexity index is 472. The van der Waals surface area contributed by atoms with E-state index in [1.54, 1.807) is 6.07 Å². The second-order valence-corrected chi connectivity index (χ2v) is 5.82. The van der Waals surface area contributed by atoms with Crippen molar-refractivity contribution in [2.75, 3.05) is 6.54 Å². The van der Waals surface area contributed by atoms with Crippen molar-refractivity contribution >= 4 is 21.8 Å². The number of nitrogens with zero attached hydrogens (tertiary/aromatic N) is 2. The lowest BCUT2D eigenvalue weighted by molar-refractivity contribution is 0.0934. The molecular formula is C12H14BrN3O. The van der Waals surface area contributed by atoms with Crippen LogP contribution in [0.25, 0.3) is 0 Å². The number of nitrogens with one attached hydrogen (secondary N) is 1. The molecule has 0 aliphatic rings. The molecule has 0 unspecified atom stereocenters. The van der Waals surface area contributed by atoms with Crippen LogP contribution in [0, 0.1) is 16.7 Å². The van der Waals surface area contributed by atoms with Crippen LogP contribution < -0.4 is 5.32 Å². The van der Waals surface area contributed by atoms with Gasteiger partial charge in [-0.05, 0) is 27.4 Å². The first-order valence-electron chi connectivity index (χ1n) is 5.17. The molecule has 1 rings (SSSR count). The number of nitriles is 1. The topological polar surface area (TPSA) is 65.8 Å². The number of pyridine rings is 1. The minimum atomic E-state index is -0.316. The normalized spacial score (nSPS) is 10.8. The third-order valence-corrected chi connectivity index (χ3v) is 2.40. The summed E-state index contributed by atoms with van der Waals surface area (Å²) in [6.07, 6.45) is 1.51. The first-order chi connectivity index (χ1) is 7.83. The molecule has 0 saturated heterocycles. The van der Waals surface area contributed by atoms with Gasteiger partial charge in [-0.1, -0.05) is 20.8 Å². The van der Waals surface area contributed by atoms with Crippen LogP contribution in [-0.2, 0) is 0 Å². The van der Waals surface area contributed by atoms with Crippen LogP contribution in [0.15, 0.2) is 16.7 Å². The van der Waals surface area contributed by atoms with Gasteiger partial charge in [0.1, 0.15) is 11.8 Å². The van der Waals surface area contributed by atoms with Gasteiger partial charge in [0, 0.05) is 17.2 Å². The molecule has 90 valence electrons. The Hall–Kier alpha value is -1.41. The molecular weight excluding hydrogens is 282 g/mol. The Labute approximate surface area is 109 Å². The maximum Gasteiger partial charge on any atom is 0.271 e. The smallest absolute Gasteiger partial charge is 0.271 e. The number of hydrogen-bond donors (Lipinski definition) is 1. The number of hydrogen-bond acceptors (Lipinski definition) is 3. The van der Waals surface area contributed by atoms with E-state index < -0.39 is 0 Å². The molecule has 0 spiro atoms. The number of halogens is 1. The van der Waals surface area contributed by atoms with Crippen molar-refractivity contribution in [2.24, 2.45) is 5.41 Å². The van der Waals surface area contributed by atoms with Gasteiger partial charge in [0.2, 0.25) is 0 Å². The van der Waals surface area contributed by atoms with Crippen molar-refractivity contribution in [3.63, 3.8) is 0 Å². The molecule has 17 heavy (non-hydrogen) atoms. The molecule has 0 aliphatic heterocycles. The third-order valence-electron chi connectivity index (χ3n) is 1.97. The van der Waals surface area contributed by atoms with Gasteiger partial charge in [-0.3, -0.25) is 4.79 Å². The van der Waals surface area contributed by atoms with E-state index in [9.17, 15) is 4.79 Å². The van der Waals surface area contributed by atoms with Crippen molar-refractivity contribution in [3.05, 3.63) is 28.0 Å². The van der Waals surface area contributed by atoms with Crippen molar-refractivity contribution in [1.29, 1.82) is 5.26 Å². The van der Waals surface area contributed by atoms with Crippen LogP contribution in [-0.4, -0.2) is 17.4 Å². The van der Waals surface area contributed by atoms with Crippen molar-refractivity contribution in [2.45, 2.75) is 20.8 Å². The third kappa shape index (κ3) is 4.16. The molecule has 0 radical (unpaired) electrons. The average Bonchev–Trinajstić information content (AvgIpc) is 2.24. The fourth-order valence-corrected chi connectivity index (χ4v) is 1.47. The lowest BCUT2D eigenvalue weighted by Gasteiger charge is -2.18. The van der Waals surface area contributed by atoms with Gasteiger partial charge < -0.3 is 5.32 Å². The number of carbonyl (C=O) groups excluding carboxylic acids is 1. The molecule has 4 nitrogen and oxygen atoms in total. The first kappa shape index (κ1) is 13.7. The molecule has 0 saturated carbocycles. The van der Waals surface area contributed by atoms with Crippen molar-refractivity contribution in [1.82, 2.24) is 10.3 Å². The van der Waals surface area contributed by atoms with Gasteiger partial charge in [-0.25, -0.2) is 4.98 Å². The highest BCUT2D eigenvalue weighted by atomic mass is 79.9. The molecule has 1 aromatic rings. The Balaban J connectivity index is 2.87. The molecule has 1 heterocycles. The molecule has 1 amide bonds. The second-order valence-electron chi connectivity index (χ2n) is 4.90. The quantitative estimate of drug-likeness (QED) is 0.911. The highest BCUT2D eigenvalue weighted by molar-refractivity contribution is 9.10. The predicted molar refractivity (Wildman–Crippen MR) is 68.4 cm³/mol. The summed E-state index contributed by atoms with van der Waals surface area (Å²) in [6, 6.07) is 3.54. The monoisotopic (exact) mass is 295 g/mol. The molecule has 0 bridgehead atoms. The molecule has 1 N–H and O–H groups in total. The first-order valence-corrected chi connectivity index (χ1v) is 5.96. The number of carbonyl (C=O) groups is 1. The van der Waals surface area contributed by atoms with E-state index in [-0.39, 0.29) is 22.6 Å². The van der Waals surface area contributed by atoms with Gasteiger partial charge in [-0.2, -0.15) is 5.26 Å². The number of amides is 1. The van der Waals surface area contributed by atoms with E-state index in [1.165, 1.54) is 6.20 Å². The zero-order chi connectivity index (χ0) is 13.1. The Kier molecular flexibility index (Phi) is 4.24. The van der Waals surface area contributed by atoms with Crippen molar-refractivity contribution < 1.29 is 4.79 Å². The molecule has 5 heteroatoms.